The molecule has 0 amide bonds. The van der Waals surface area contributed by atoms with Gasteiger partial charge in [-0.3, -0.25) is 19.2 Å². The second-order valence-corrected chi connectivity index (χ2v) is 31.6. The Labute approximate surface area is 484 Å². The predicted octanol–water partition coefficient (Wildman–Crippen LogP) is 17.1. The maximum atomic E-state index is 13.2. The minimum Gasteiger partial charge on any atom is -0.485 e. The first-order valence-corrected chi connectivity index (χ1v) is 29.5. The van der Waals surface area contributed by atoms with Gasteiger partial charge in [-0.15, -0.1) is 0 Å². The van der Waals surface area contributed by atoms with Crippen molar-refractivity contribution in [1.29, 1.82) is 0 Å². The van der Waals surface area contributed by atoms with Crippen LogP contribution in [-0.2, 0) is 66.5 Å². The summed E-state index contributed by atoms with van der Waals surface area (Å²) >= 11 is 0. The van der Waals surface area contributed by atoms with Gasteiger partial charge >= 0.3 is 0 Å². The Bertz CT molecular complexity index is 2440. The molecule has 5 rings (SSSR count). The number of Topliss-reactive ketones (excluding diaryl/α,β-unsaturated/α-hetero) is 4. The molecule has 0 saturated heterocycles. The lowest BCUT2D eigenvalue weighted by Gasteiger charge is -2.36. The van der Waals surface area contributed by atoms with Crippen molar-refractivity contribution < 1.29 is 38.1 Å². The summed E-state index contributed by atoms with van der Waals surface area (Å²) in [4.78, 5) is 52.7. The molecule has 0 radical (unpaired) electrons. The summed E-state index contributed by atoms with van der Waals surface area (Å²) in [5.74, 6) is 2.07. The minimum atomic E-state index is -0.315. The molecule has 0 unspecified atom stereocenters. The van der Waals surface area contributed by atoms with Gasteiger partial charge in [0.25, 0.3) is 0 Å². The SMILES string of the molecule is CC(=O)COc1c2cc(C(C)(C)CC(C)(C)C)cc1Cc1cc(C(C)(C)CC(C)(C)C)cc(c1OCC(C)=O)Cc1cc(C(C)(C)CC(C)(C)C)cc(c1OCC(C)=O)Cc1cc(C(C)(C)CC(C)(C)C)cc(c1OCC(C)=O)C2. The Morgan fingerprint density at radius 2 is 0.425 bits per heavy atom. The molecule has 0 aliphatic heterocycles. The first kappa shape index (κ1) is 65.6. The number of ether oxygens (including phenoxy) is 4. The number of carbonyl (C=O) groups is 4. The molecule has 0 aromatic heterocycles. The highest BCUT2D eigenvalue weighted by Gasteiger charge is 2.36. The average Bonchev–Trinajstić information content (AvgIpc) is 3.23. The van der Waals surface area contributed by atoms with E-state index in [1.54, 1.807) is 27.7 Å². The molecule has 0 spiro atoms. The summed E-state index contributed by atoms with van der Waals surface area (Å²) in [6.45, 7) is 51.5. The van der Waals surface area contributed by atoms with E-state index in [2.05, 4.69) is 187 Å². The fourth-order valence-electron chi connectivity index (χ4n) is 13.6. The molecule has 1 aliphatic rings. The highest BCUT2D eigenvalue weighted by atomic mass is 16.5. The number of hydrogen-bond acceptors (Lipinski definition) is 8. The third kappa shape index (κ3) is 18.4. The summed E-state index contributed by atoms with van der Waals surface area (Å²) in [6, 6.07) is 18.2. The van der Waals surface area contributed by atoms with Crippen LogP contribution in [0.2, 0.25) is 0 Å². The van der Waals surface area contributed by atoms with Gasteiger partial charge in [0.05, 0.1) is 0 Å². The zero-order chi connectivity index (χ0) is 60.5. The molecule has 0 fully saturated rings. The maximum Gasteiger partial charge on any atom is 0.167 e. The smallest absolute Gasteiger partial charge is 0.167 e. The van der Waals surface area contributed by atoms with Crippen molar-refractivity contribution >= 4 is 23.1 Å². The van der Waals surface area contributed by atoms with Crippen LogP contribution in [0, 0.1) is 21.7 Å². The Kier molecular flexibility index (Phi) is 19.9. The zero-order valence-corrected chi connectivity index (χ0v) is 54.4. The van der Waals surface area contributed by atoms with E-state index in [1.165, 1.54) is 0 Å². The maximum absolute atomic E-state index is 13.2. The van der Waals surface area contributed by atoms with Crippen molar-refractivity contribution in [2.75, 3.05) is 26.4 Å². The van der Waals surface area contributed by atoms with Gasteiger partial charge < -0.3 is 18.9 Å². The van der Waals surface area contributed by atoms with E-state index in [9.17, 15) is 19.2 Å². The first-order chi connectivity index (χ1) is 36.3. The van der Waals surface area contributed by atoms with Gasteiger partial charge in [-0.1, -0.05) is 187 Å². The van der Waals surface area contributed by atoms with Crippen LogP contribution in [0.3, 0.4) is 0 Å². The predicted molar refractivity (Wildman–Crippen MR) is 330 cm³/mol. The van der Waals surface area contributed by atoms with Crippen molar-refractivity contribution in [3.05, 3.63) is 115 Å². The zero-order valence-electron chi connectivity index (χ0n) is 54.4. The molecule has 0 heterocycles. The molecular weight excluding hydrogens is 993 g/mol. The lowest BCUT2D eigenvalue weighted by Crippen LogP contribution is -2.26. The third-order valence-corrected chi connectivity index (χ3v) is 15.2. The topological polar surface area (TPSA) is 105 Å². The Morgan fingerprint density at radius 3 is 0.537 bits per heavy atom. The van der Waals surface area contributed by atoms with Gasteiger partial charge in [-0.25, -0.2) is 0 Å². The van der Waals surface area contributed by atoms with E-state index < -0.39 is 0 Å². The van der Waals surface area contributed by atoms with Crippen molar-refractivity contribution in [3.63, 3.8) is 0 Å². The van der Waals surface area contributed by atoms with E-state index in [0.29, 0.717) is 48.7 Å². The van der Waals surface area contributed by atoms with Gasteiger partial charge in [0.1, 0.15) is 49.4 Å². The summed E-state index contributed by atoms with van der Waals surface area (Å²) in [7, 11) is 0. The number of hydrogen-bond donors (Lipinski definition) is 0. The summed E-state index contributed by atoms with van der Waals surface area (Å²) in [6.07, 6.45) is 4.95. The van der Waals surface area contributed by atoms with Crippen LogP contribution in [-0.4, -0.2) is 49.6 Å². The quantitative estimate of drug-likeness (QED) is 0.0759. The highest BCUT2D eigenvalue weighted by Crippen LogP contribution is 2.48. The summed E-state index contributed by atoms with van der Waals surface area (Å²) in [5.41, 5.74) is 10.4. The molecule has 0 saturated carbocycles. The van der Waals surface area contributed by atoms with E-state index in [0.717, 1.165) is 92.4 Å². The van der Waals surface area contributed by atoms with Gasteiger partial charge in [0, 0.05) is 25.7 Å². The van der Waals surface area contributed by atoms with Crippen LogP contribution >= 0.6 is 0 Å². The highest BCUT2D eigenvalue weighted by molar-refractivity contribution is 5.79. The second kappa shape index (κ2) is 24.3. The number of carbonyl (C=O) groups excluding carboxylic acids is 4. The molecule has 80 heavy (non-hydrogen) atoms. The lowest BCUT2D eigenvalue weighted by molar-refractivity contribution is -0.119. The molecule has 4 aromatic rings. The minimum absolute atomic E-state index is 0.0166. The third-order valence-electron chi connectivity index (χ3n) is 15.2. The van der Waals surface area contributed by atoms with Crippen molar-refractivity contribution in [3.8, 4) is 23.0 Å². The molecule has 440 valence electrons. The van der Waals surface area contributed by atoms with Crippen LogP contribution < -0.4 is 18.9 Å². The molecule has 4 aromatic carbocycles. The number of benzene rings is 4. The number of ketones is 4. The van der Waals surface area contributed by atoms with E-state index in [-0.39, 0.29) is 92.9 Å². The number of fused-ring (bicyclic) bond motifs is 8. The first-order valence-electron chi connectivity index (χ1n) is 29.5. The average molecular weight is 1100 g/mol. The second-order valence-electron chi connectivity index (χ2n) is 31.6. The Balaban J connectivity index is 2.17. The Morgan fingerprint density at radius 1 is 0.287 bits per heavy atom. The molecular formula is C72H104O8. The van der Waals surface area contributed by atoms with Gasteiger partial charge in [-0.05, 0) is 163 Å². The molecule has 8 nitrogen and oxygen atoms in total. The summed E-state index contributed by atoms with van der Waals surface area (Å²) in [5, 5.41) is 0. The van der Waals surface area contributed by atoms with Crippen LogP contribution in [0.25, 0.3) is 0 Å². The fraction of sp³-hybridized carbons (Fsp3) is 0.611. The van der Waals surface area contributed by atoms with Crippen LogP contribution in [0.5, 0.6) is 23.0 Å². The molecule has 1 aliphatic carbocycles. The Hall–Kier alpha value is -5.24. The van der Waals surface area contributed by atoms with E-state index in [4.69, 9.17) is 18.9 Å². The van der Waals surface area contributed by atoms with Crippen LogP contribution in [0.1, 0.15) is 259 Å². The van der Waals surface area contributed by atoms with Gasteiger partial charge in [0.15, 0.2) is 23.1 Å². The molecule has 0 atom stereocenters. The van der Waals surface area contributed by atoms with Crippen molar-refractivity contribution in [2.45, 2.75) is 239 Å². The lowest BCUT2D eigenvalue weighted by atomic mass is 9.70. The molecule has 8 heteroatoms. The summed E-state index contributed by atoms with van der Waals surface area (Å²) < 4.78 is 27.5. The fourth-order valence-corrected chi connectivity index (χ4v) is 13.6. The number of rotatable bonds is 20. The van der Waals surface area contributed by atoms with E-state index in [1.807, 2.05) is 0 Å². The van der Waals surface area contributed by atoms with Gasteiger partial charge in [-0.2, -0.15) is 0 Å². The van der Waals surface area contributed by atoms with Crippen molar-refractivity contribution in [1.82, 2.24) is 0 Å². The monoisotopic (exact) mass is 1100 g/mol. The van der Waals surface area contributed by atoms with Crippen molar-refractivity contribution in [2.24, 2.45) is 21.7 Å². The van der Waals surface area contributed by atoms with Crippen LogP contribution in [0.15, 0.2) is 48.5 Å². The molecule has 0 N–H and O–H groups in total. The molecule has 8 bridgehead atoms. The van der Waals surface area contributed by atoms with E-state index >= 15 is 0 Å². The van der Waals surface area contributed by atoms with Gasteiger partial charge in [0.2, 0.25) is 0 Å². The van der Waals surface area contributed by atoms with Crippen LogP contribution in [0.4, 0.5) is 0 Å². The largest absolute Gasteiger partial charge is 0.485 e. The normalized spacial score (nSPS) is 13.9. The standard InChI is InChI=1S/C72H104O8/c1-45(73)37-77-61-49-25-51-31-58(70(19,20)42-66(8,9)10)33-53(62(51)78-38-46(2)74)27-55-35-60(72(23,24)44-68(14,15)16)36-56(64(55)80-40-48(4)76)28-54-34-59(71(21,22)43-67(11,12)13)32-52(63(54)79-39-47(3)75)26-50(61)30-57(29-49)69(17,18)41-65(5,6)7/h29-36H,25-28,37-44H2,1-24H3.